The Labute approximate surface area is 247 Å². The molecule has 3 aliphatic carbocycles. The fourth-order valence-electron chi connectivity index (χ4n) is 6.85. The molecule has 1 saturated carbocycles. The molecule has 7 N–H and O–H groups in total. The zero-order valence-electron chi connectivity index (χ0n) is 24.3. The molecule has 4 atom stereocenters. The van der Waals surface area contributed by atoms with Crippen LogP contribution in [0.4, 0.5) is 10.1 Å². The number of rotatable bonds is 7. The van der Waals surface area contributed by atoms with Gasteiger partial charge in [0.2, 0.25) is 5.78 Å². The van der Waals surface area contributed by atoms with Gasteiger partial charge in [0, 0.05) is 55.5 Å². The lowest BCUT2D eigenvalue weighted by molar-refractivity contribution is -0.153. The summed E-state index contributed by atoms with van der Waals surface area (Å²) in [5, 5.41) is 48.9. The number of carbonyl (C=O) groups is 3. The highest BCUT2D eigenvalue weighted by Crippen LogP contribution is 2.54. The van der Waals surface area contributed by atoms with Gasteiger partial charge in [-0.3, -0.25) is 19.3 Å². The van der Waals surface area contributed by atoms with E-state index in [1.165, 1.54) is 11.0 Å². The van der Waals surface area contributed by atoms with Gasteiger partial charge in [-0.1, -0.05) is 18.2 Å². The monoisotopic (exact) mass is 594 g/mol. The van der Waals surface area contributed by atoms with Crippen molar-refractivity contribution < 1.29 is 39.2 Å². The first kappa shape index (κ1) is 30.2. The number of hydrogen-bond donors (Lipinski definition) is 6. The number of fused-ring (bicyclic) bond motifs is 3. The van der Waals surface area contributed by atoms with Crippen LogP contribution < -0.4 is 16.0 Å². The van der Waals surface area contributed by atoms with E-state index >= 15 is 0 Å². The Hall–Kier alpha value is -4.26. The second kappa shape index (κ2) is 10.8. The fraction of sp³-hybridized carbons (Fsp3) is 0.387. The van der Waals surface area contributed by atoms with Gasteiger partial charge in [0.25, 0.3) is 5.91 Å². The highest BCUT2D eigenvalue weighted by molar-refractivity contribution is 6.24. The number of Topliss-reactive ketones (excluding diaryl/α,β-unsaturated/α-hetero) is 2. The lowest BCUT2D eigenvalue weighted by atomic mass is 9.57. The molecular formula is C31H35FN4O7. The number of nitrogens with two attached hydrogens (primary N) is 1. The summed E-state index contributed by atoms with van der Waals surface area (Å²) in [5.74, 6) is -7.35. The largest absolute Gasteiger partial charge is 0.508 e. The molecule has 228 valence electrons. The number of aromatic hydroxyl groups is 1. The molecule has 1 amide bonds. The van der Waals surface area contributed by atoms with Gasteiger partial charge < -0.3 is 36.4 Å². The number of likely N-dealkylation sites (N-methyl/N-ethyl adjacent to an activating group) is 1. The number of benzene rings is 2. The van der Waals surface area contributed by atoms with Crippen molar-refractivity contribution in [2.45, 2.75) is 37.6 Å². The maximum absolute atomic E-state index is 14.1. The predicted molar refractivity (Wildman–Crippen MR) is 156 cm³/mol. The van der Waals surface area contributed by atoms with Gasteiger partial charge >= 0.3 is 0 Å². The average molecular weight is 595 g/mol. The van der Waals surface area contributed by atoms with Crippen LogP contribution in [0.1, 0.15) is 28.7 Å². The molecule has 5 rings (SSSR count). The first-order chi connectivity index (χ1) is 20.2. The minimum Gasteiger partial charge on any atom is -0.508 e. The Bertz CT molecular complexity index is 1620. The fourth-order valence-corrected chi connectivity index (χ4v) is 6.85. The van der Waals surface area contributed by atoms with Crippen LogP contribution in [-0.2, 0) is 33.9 Å². The van der Waals surface area contributed by atoms with Gasteiger partial charge in [-0.15, -0.1) is 0 Å². The molecule has 0 spiro atoms. The number of halogens is 1. The van der Waals surface area contributed by atoms with Gasteiger partial charge in [-0.25, -0.2) is 4.39 Å². The number of anilines is 1. The Morgan fingerprint density at radius 3 is 2.35 bits per heavy atom. The summed E-state index contributed by atoms with van der Waals surface area (Å²) in [4.78, 5) is 42.8. The van der Waals surface area contributed by atoms with Crippen molar-refractivity contribution in [3.05, 3.63) is 75.3 Å². The minimum atomic E-state index is -2.70. The number of nitrogens with zero attached hydrogens (tertiary/aromatic N) is 2. The van der Waals surface area contributed by atoms with Crippen LogP contribution in [0.5, 0.6) is 5.75 Å². The molecule has 2 aromatic carbocycles. The number of carbonyl (C=O) groups excluding carboxylic acids is 3. The van der Waals surface area contributed by atoms with Crippen LogP contribution in [0.3, 0.4) is 0 Å². The average Bonchev–Trinajstić information content (AvgIpc) is 2.92. The number of ketones is 2. The number of phenolic OH excluding ortho intramolecular Hbond substituents is 1. The highest BCUT2D eigenvalue weighted by atomic mass is 19.1. The van der Waals surface area contributed by atoms with Crippen LogP contribution >= 0.6 is 0 Å². The maximum atomic E-state index is 14.1. The molecule has 12 heteroatoms. The van der Waals surface area contributed by atoms with Gasteiger partial charge in [0.05, 0.1) is 11.6 Å². The van der Waals surface area contributed by atoms with Gasteiger partial charge in [-0.05, 0) is 50.6 Å². The van der Waals surface area contributed by atoms with Crippen LogP contribution in [0.15, 0.2) is 47.2 Å². The number of phenols is 1. The molecule has 2 aromatic rings. The van der Waals surface area contributed by atoms with E-state index in [0.29, 0.717) is 22.4 Å². The molecule has 0 radical (unpaired) electrons. The SMILES string of the molecule is CN(C)c1cc(CNCc2ccccc2F)c(O)c2c1CC1CC3C(N(C)C)C(=O)C(C(N)=O)=C(O)C3(O)C(=O)C1=C2O. The number of nitrogens with one attached hydrogen (secondary N) is 1. The van der Waals surface area contributed by atoms with Crippen LogP contribution in [0.25, 0.3) is 5.76 Å². The molecule has 0 bridgehead atoms. The smallest absolute Gasteiger partial charge is 0.255 e. The molecule has 3 aliphatic rings. The van der Waals surface area contributed by atoms with Crippen molar-refractivity contribution in [1.82, 2.24) is 10.2 Å². The van der Waals surface area contributed by atoms with Crippen molar-refractivity contribution in [1.29, 1.82) is 0 Å². The molecule has 0 saturated heterocycles. The third-order valence-corrected chi connectivity index (χ3v) is 8.85. The first-order valence-electron chi connectivity index (χ1n) is 13.9. The Kier molecular flexibility index (Phi) is 7.57. The van der Waals surface area contributed by atoms with Crippen LogP contribution in [0.2, 0.25) is 0 Å². The zero-order valence-corrected chi connectivity index (χ0v) is 24.3. The quantitative estimate of drug-likeness (QED) is 0.257. The van der Waals surface area contributed by atoms with Crippen molar-refractivity contribution in [3.8, 4) is 5.75 Å². The second-order valence-corrected chi connectivity index (χ2v) is 11.8. The normalized spacial score (nSPS) is 25.0. The van der Waals surface area contributed by atoms with Crippen molar-refractivity contribution in [3.63, 3.8) is 0 Å². The number of primary amides is 1. The predicted octanol–water partition coefficient (Wildman–Crippen LogP) is 1.46. The second-order valence-electron chi connectivity index (χ2n) is 11.8. The first-order valence-corrected chi connectivity index (χ1v) is 13.9. The zero-order chi connectivity index (χ0) is 31.5. The Morgan fingerprint density at radius 2 is 1.74 bits per heavy atom. The standard InChI is InChI=1S/C31H35FN4O7/c1-35(2)20-11-16(13-34-12-14-7-5-6-8-19(14)32)25(37)22-17(20)9-15-10-18-24(36(3)4)27(39)23(30(33)42)29(41)31(18,43)28(40)21(15)26(22)38/h5-8,11,15,18,24,34,37-38,41,43H,9-10,12-13H2,1-4H3,(H2,33,42). The van der Waals surface area contributed by atoms with E-state index in [4.69, 9.17) is 5.73 Å². The van der Waals surface area contributed by atoms with Gasteiger partial charge in [-0.2, -0.15) is 0 Å². The summed E-state index contributed by atoms with van der Waals surface area (Å²) in [6.45, 7) is 0.264. The van der Waals surface area contributed by atoms with Gasteiger partial charge in [0.1, 0.15) is 28.7 Å². The molecule has 11 nitrogen and oxygen atoms in total. The van der Waals surface area contributed by atoms with E-state index in [0.717, 1.165) is 0 Å². The highest BCUT2D eigenvalue weighted by Gasteiger charge is 2.64. The van der Waals surface area contributed by atoms with Crippen molar-refractivity contribution >= 4 is 28.9 Å². The lowest BCUT2D eigenvalue weighted by Gasteiger charge is -2.50. The lowest BCUT2D eigenvalue weighted by Crippen LogP contribution is -2.65. The molecule has 0 aliphatic heterocycles. The third-order valence-electron chi connectivity index (χ3n) is 8.85. The molecule has 43 heavy (non-hydrogen) atoms. The number of aliphatic hydroxyl groups is 3. The molecule has 4 unspecified atom stereocenters. The van der Waals surface area contributed by atoms with E-state index in [1.54, 1.807) is 57.4 Å². The summed E-state index contributed by atoms with van der Waals surface area (Å²) in [5.41, 5.74) is 3.63. The minimum absolute atomic E-state index is 0.00480. The van der Waals surface area contributed by atoms with Crippen LogP contribution in [-0.4, -0.2) is 82.6 Å². The summed E-state index contributed by atoms with van der Waals surface area (Å²) < 4.78 is 14.1. The number of aliphatic hydroxyl groups excluding tert-OH is 2. The number of amides is 1. The van der Waals surface area contributed by atoms with E-state index in [2.05, 4.69) is 5.32 Å². The Balaban J connectivity index is 1.62. The summed E-state index contributed by atoms with van der Waals surface area (Å²) >= 11 is 0. The summed E-state index contributed by atoms with van der Waals surface area (Å²) in [6.07, 6.45) is 0.184. The summed E-state index contributed by atoms with van der Waals surface area (Å²) in [6, 6.07) is 6.88. The van der Waals surface area contributed by atoms with E-state index < -0.39 is 58.0 Å². The van der Waals surface area contributed by atoms with E-state index in [-0.39, 0.29) is 48.6 Å². The van der Waals surface area contributed by atoms with Crippen LogP contribution in [0, 0.1) is 17.7 Å². The maximum Gasteiger partial charge on any atom is 0.255 e. The van der Waals surface area contributed by atoms with Gasteiger partial charge in [0.15, 0.2) is 11.4 Å². The Morgan fingerprint density at radius 1 is 1.09 bits per heavy atom. The molecule has 0 aromatic heterocycles. The topological polar surface area (TPSA) is 177 Å². The number of hydrogen-bond acceptors (Lipinski definition) is 10. The molecule has 0 heterocycles. The molecular weight excluding hydrogens is 559 g/mol. The van der Waals surface area contributed by atoms with E-state index in [9.17, 15) is 39.2 Å². The molecule has 1 fully saturated rings. The van der Waals surface area contributed by atoms with Crippen molar-refractivity contribution in [2.24, 2.45) is 17.6 Å². The third kappa shape index (κ3) is 4.57. The van der Waals surface area contributed by atoms with E-state index in [1.807, 2.05) is 0 Å². The van der Waals surface area contributed by atoms with Crippen molar-refractivity contribution in [2.75, 3.05) is 33.1 Å². The summed E-state index contributed by atoms with van der Waals surface area (Å²) in [7, 11) is 6.69.